The lowest BCUT2D eigenvalue weighted by Crippen LogP contribution is -2.03. The van der Waals surface area contributed by atoms with Crippen molar-refractivity contribution in [1.82, 2.24) is 0 Å². The molecular formula is C18H23NO4P+. The van der Waals surface area contributed by atoms with Crippen LogP contribution < -0.4 is 15.2 Å². The van der Waals surface area contributed by atoms with Gasteiger partial charge in [-0.15, -0.1) is 4.52 Å². The lowest BCUT2D eigenvalue weighted by Gasteiger charge is -2.04. The van der Waals surface area contributed by atoms with E-state index in [4.69, 9.17) is 19.7 Å². The maximum atomic E-state index is 11.8. The summed E-state index contributed by atoms with van der Waals surface area (Å²) in [7, 11) is -1.74. The van der Waals surface area contributed by atoms with Gasteiger partial charge in [0.1, 0.15) is 11.5 Å². The van der Waals surface area contributed by atoms with E-state index in [-0.39, 0.29) is 6.79 Å². The number of hydrogen-bond donors (Lipinski definition) is 1. The van der Waals surface area contributed by atoms with E-state index in [1.807, 2.05) is 54.6 Å². The van der Waals surface area contributed by atoms with Crippen LogP contribution in [0.4, 0.5) is 0 Å². The van der Waals surface area contributed by atoms with Gasteiger partial charge in [0, 0.05) is 6.42 Å². The molecule has 0 radical (unpaired) electrons. The Morgan fingerprint density at radius 2 is 1.62 bits per heavy atom. The Labute approximate surface area is 143 Å². The summed E-state index contributed by atoms with van der Waals surface area (Å²) < 4.78 is 27.9. The Morgan fingerprint density at radius 3 is 2.33 bits per heavy atom. The number of nitrogens with two attached hydrogens (primary N) is 1. The molecule has 2 rings (SSSR count). The van der Waals surface area contributed by atoms with Gasteiger partial charge in [0.05, 0.1) is 6.61 Å². The maximum absolute atomic E-state index is 11.8. The molecule has 1 atom stereocenters. The first-order valence-electron chi connectivity index (χ1n) is 7.95. The first-order chi connectivity index (χ1) is 11.8. The summed E-state index contributed by atoms with van der Waals surface area (Å²) in [6.45, 7) is 1.11. The summed E-state index contributed by atoms with van der Waals surface area (Å²) in [6.07, 6.45) is 1.95. The molecule has 0 aliphatic heterocycles. The Bertz CT molecular complexity index is 604. The van der Waals surface area contributed by atoms with Crippen LogP contribution in [-0.4, -0.2) is 26.1 Å². The summed E-state index contributed by atoms with van der Waals surface area (Å²) in [5, 5.41) is 0. The molecule has 1 unspecified atom stereocenters. The van der Waals surface area contributed by atoms with Gasteiger partial charge in [-0.2, -0.15) is 0 Å². The molecule has 128 valence electrons. The molecule has 2 N–H and O–H groups in total. The van der Waals surface area contributed by atoms with E-state index < -0.39 is 8.03 Å². The van der Waals surface area contributed by atoms with Crippen molar-refractivity contribution in [2.75, 3.05) is 26.1 Å². The third-order valence-electron chi connectivity index (χ3n) is 3.28. The second kappa shape index (κ2) is 10.8. The molecule has 0 bridgehead atoms. The van der Waals surface area contributed by atoms with Gasteiger partial charge in [-0.05, 0) is 47.4 Å². The van der Waals surface area contributed by atoms with Gasteiger partial charge in [0.2, 0.25) is 6.79 Å². The maximum Gasteiger partial charge on any atom is 0.511 e. The third kappa shape index (κ3) is 7.09. The highest BCUT2D eigenvalue weighted by atomic mass is 31.1. The first kappa shape index (κ1) is 18.4. The van der Waals surface area contributed by atoms with Crippen LogP contribution in [0.2, 0.25) is 0 Å². The quantitative estimate of drug-likeness (QED) is 0.380. The lowest BCUT2D eigenvalue weighted by atomic mass is 10.1. The Hall–Kier alpha value is -1.94. The molecule has 5 nitrogen and oxygen atoms in total. The predicted molar refractivity (Wildman–Crippen MR) is 94.8 cm³/mol. The largest absolute Gasteiger partial charge is 0.511 e. The van der Waals surface area contributed by atoms with Crippen molar-refractivity contribution in [1.29, 1.82) is 0 Å². The van der Waals surface area contributed by atoms with Crippen LogP contribution in [-0.2, 0) is 15.5 Å². The lowest BCUT2D eigenvalue weighted by molar-refractivity contribution is 0.128. The van der Waals surface area contributed by atoms with E-state index in [9.17, 15) is 4.57 Å². The van der Waals surface area contributed by atoms with E-state index in [1.54, 1.807) is 0 Å². The van der Waals surface area contributed by atoms with Gasteiger partial charge in [-0.3, -0.25) is 0 Å². The van der Waals surface area contributed by atoms with Crippen LogP contribution >= 0.6 is 8.03 Å². The van der Waals surface area contributed by atoms with Crippen LogP contribution in [0.5, 0.6) is 11.5 Å². The highest BCUT2D eigenvalue weighted by Crippen LogP contribution is 2.24. The normalized spacial score (nSPS) is 11.1. The van der Waals surface area contributed by atoms with Gasteiger partial charge in [0.15, 0.2) is 6.16 Å². The number of ether oxygens (including phenoxy) is 2. The van der Waals surface area contributed by atoms with Crippen molar-refractivity contribution >= 4 is 8.03 Å². The van der Waals surface area contributed by atoms with E-state index in [0.29, 0.717) is 31.5 Å². The molecule has 0 amide bonds. The number of para-hydroxylation sites is 1. The third-order valence-corrected chi connectivity index (χ3v) is 4.35. The zero-order valence-corrected chi connectivity index (χ0v) is 14.5. The monoisotopic (exact) mass is 348 g/mol. The molecule has 0 fully saturated rings. The van der Waals surface area contributed by atoms with Crippen molar-refractivity contribution in [2.24, 2.45) is 5.73 Å². The number of rotatable bonds is 11. The van der Waals surface area contributed by atoms with Crippen LogP contribution in [0.1, 0.15) is 12.0 Å². The minimum absolute atomic E-state index is 0.0228. The molecule has 6 heteroatoms. The molecule has 0 aromatic heterocycles. The Morgan fingerprint density at radius 1 is 0.917 bits per heavy atom. The van der Waals surface area contributed by atoms with Crippen molar-refractivity contribution in [2.45, 2.75) is 12.8 Å². The fourth-order valence-electron chi connectivity index (χ4n) is 2.04. The topological polar surface area (TPSA) is 70.8 Å². The smallest absolute Gasteiger partial charge is 0.493 e. The molecule has 0 heterocycles. The van der Waals surface area contributed by atoms with Crippen molar-refractivity contribution in [3.05, 3.63) is 60.2 Å². The summed E-state index contributed by atoms with van der Waals surface area (Å²) in [6, 6.07) is 17.2. The summed E-state index contributed by atoms with van der Waals surface area (Å²) >= 11 is 0. The fourth-order valence-corrected chi connectivity index (χ4v) is 2.72. The molecule has 24 heavy (non-hydrogen) atoms. The van der Waals surface area contributed by atoms with Crippen LogP contribution in [0.15, 0.2) is 54.6 Å². The van der Waals surface area contributed by atoms with Gasteiger partial charge in [0.25, 0.3) is 0 Å². The van der Waals surface area contributed by atoms with E-state index in [0.717, 1.165) is 17.7 Å². The summed E-state index contributed by atoms with van der Waals surface area (Å²) in [5.41, 5.74) is 6.66. The zero-order chi connectivity index (χ0) is 17.0. The second-order valence-electron chi connectivity index (χ2n) is 5.15. The van der Waals surface area contributed by atoms with E-state index in [1.165, 1.54) is 0 Å². The molecule has 0 saturated carbocycles. The van der Waals surface area contributed by atoms with E-state index in [2.05, 4.69) is 0 Å². The SMILES string of the molecule is NCCc1ccc(OCO[P+](=O)CCCOc2ccccc2)cc1. The molecule has 2 aromatic carbocycles. The number of hydrogen-bond acceptors (Lipinski definition) is 5. The highest BCUT2D eigenvalue weighted by molar-refractivity contribution is 7.39. The van der Waals surface area contributed by atoms with Gasteiger partial charge in [-0.1, -0.05) is 30.3 Å². The van der Waals surface area contributed by atoms with Gasteiger partial charge in [-0.25, -0.2) is 0 Å². The Kier molecular flexibility index (Phi) is 8.25. The van der Waals surface area contributed by atoms with Crippen molar-refractivity contribution < 1.29 is 18.6 Å². The molecule has 2 aromatic rings. The first-order valence-corrected chi connectivity index (χ1v) is 9.31. The minimum Gasteiger partial charge on any atom is -0.493 e. The highest BCUT2D eigenvalue weighted by Gasteiger charge is 2.17. The van der Waals surface area contributed by atoms with Gasteiger partial charge >= 0.3 is 8.03 Å². The Balaban J connectivity index is 1.56. The average molecular weight is 348 g/mol. The zero-order valence-electron chi connectivity index (χ0n) is 13.6. The summed E-state index contributed by atoms with van der Waals surface area (Å²) in [4.78, 5) is 0. The minimum atomic E-state index is -1.74. The second-order valence-corrected chi connectivity index (χ2v) is 6.52. The molecule has 0 aliphatic carbocycles. The standard InChI is InChI=1S/C18H23NO4P/c19-12-11-16-7-9-18(10-8-16)22-15-23-24(20)14-4-13-21-17-5-2-1-3-6-17/h1-3,5-10H,4,11-15,19H2/q+1. The van der Waals surface area contributed by atoms with Crippen molar-refractivity contribution in [3.63, 3.8) is 0 Å². The number of benzene rings is 2. The van der Waals surface area contributed by atoms with E-state index >= 15 is 0 Å². The van der Waals surface area contributed by atoms with Gasteiger partial charge < -0.3 is 15.2 Å². The molecule has 0 spiro atoms. The predicted octanol–water partition coefficient (Wildman–Crippen LogP) is 3.75. The summed E-state index contributed by atoms with van der Waals surface area (Å²) in [5.74, 6) is 1.50. The van der Waals surface area contributed by atoms with Crippen molar-refractivity contribution in [3.8, 4) is 11.5 Å². The molecule has 0 saturated heterocycles. The molecule has 0 aliphatic rings. The fraction of sp³-hybridized carbons (Fsp3) is 0.333. The van der Waals surface area contributed by atoms with Crippen LogP contribution in [0, 0.1) is 0 Å². The van der Waals surface area contributed by atoms with Crippen LogP contribution in [0.3, 0.4) is 0 Å². The van der Waals surface area contributed by atoms with Crippen LogP contribution in [0.25, 0.3) is 0 Å². The average Bonchev–Trinajstić information content (AvgIpc) is 2.61. The molecular weight excluding hydrogens is 325 g/mol.